The Morgan fingerprint density at radius 1 is 0.933 bits per heavy atom. The van der Waals surface area contributed by atoms with Crippen LogP contribution < -0.4 is 0 Å². The lowest BCUT2D eigenvalue weighted by Crippen LogP contribution is -1.89. The van der Waals surface area contributed by atoms with E-state index in [1.54, 1.807) is 6.08 Å². The van der Waals surface area contributed by atoms with Gasteiger partial charge < -0.3 is 0 Å². The molecule has 0 atom stereocenters. The zero-order valence-electron chi connectivity index (χ0n) is 19.4. The minimum absolute atomic E-state index is 0.651. The van der Waals surface area contributed by atoms with Crippen LogP contribution in [0.4, 0.5) is 0 Å². The summed E-state index contributed by atoms with van der Waals surface area (Å²) in [6.45, 7) is 14.0. The second kappa shape index (κ2) is 15.0. The maximum absolute atomic E-state index is 3.55. The molecule has 0 bridgehead atoms. The van der Waals surface area contributed by atoms with Gasteiger partial charge in [0.05, 0.1) is 0 Å². The highest BCUT2D eigenvalue weighted by molar-refractivity contribution is 5.79. The third-order valence-electron chi connectivity index (χ3n) is 4.46. The highest BCUT2D eigenvalue weighted by atomic mass is 14.1. The van der Waals surface area contributed by atoms with Crippen LogP contribution in [-0.2, 0) is 6.42 Å². The molecule has 0 saturated carbocycles. The molecule has 0 aliphatic heterocycles. The number of hydrogen-bond acceptors (Lipinski definition) is 0. The second-order valence-corrected chi connectivity index (χ2v) is 7.19. The fourth-order valence-corrected chi connectivity index (χ4v) is 2.93. The van der Waals surface area contributed by atoms with Gasteiger partial charge in [-0.05, 0) is 52.7 Å². The van der Waals surface area contributed by atoms with E-state index in [2.05, 4.69) is 112 Å². The molecule has 0 unspecified atom stereocenters. The Labute approximate surface area is 185 Å². The third-order valence-corrected chi connectivity index (χ3v) is 4.46. The predicted molar refractivity (Wildman–Crippen MR) is 138 cm³/mol. The predicted octanol–water partition coefficient (Wildman–Crippen LogP) is 9.23. The summed E-state index contributed by atoms with van der Waals surface area (Å²) in [7, 11) is 0. The molecule has 2 aromatic rings. The number of benzene rings is 2. The van der Waals surface area contributed by atoms with Gasteiger partial charge in [0.2, 0.25) is 0 Å². The van der Waals surface area contributed by atoms with Crippen LogP contribution in [0.3, 0.4) is 0 Å². The highest BCUT2D eigenvalue weighted by Crippen LogP contribution is 2.27. The van der Waals surface area contributed by atoms with Crippen molar-refractivity contribution >= 4 is 5.57 Å². The van der Waals surface area contributed by atoms with Gasteiger partial charge in [0, 0.05) is 0 Å². The SMILES string of the molecule is C=C/C=C\C(C)C.CC.CCc1cc(C2=CC=CCC=C2)cc(-c2ccccc2)c1. The quantitative estimate of drug-likeness (QED) is 0.440. The van der Waals surface area contributed by atoms with Crippen molar-refractivity contribution < 1.29 is 0 Å². The van der Waals surface area contributed by atoms with Crippen molar-refractivity contribution in [2.24, 2.45) is 5.92 Å². The standard InChI is InChI=1S/C21H20.C7H12.C2H6/c1-2-17-14-20(18-10-6-3-4-7-11-18)16-21(15-17)19-12-8-5-9-13-19;1-4-5-6-7(2)3;1-2/h3,5-16H,2,4H2,1H3;4-7H,1H2,2-3H3;1-2H3/b;6-5-;. The van der Waals surface area contributed by atoms with Gasteiger partial charge in [0.1, 0.15) is 0 Å². The zero-order chi connectivity index (χ0) is 22.2. The highest BCUT2D eigenvalue weighted by Gasteiger charge is 2.05. The lowest BCUT2D eigenvalue weighted by atomic mass is 9.95. The Morgan fingerprint density at radius 3 is 2.23 bits per heavy atom. The lowest BCUT2D eigenvalue weighted by molar-refractivity contribution is 0.832. The molecule has 0 amide bonds. The molecule has 3 rings (SSSR count). The molecule has 2 aromatic carbocycles. The van der Waals surface area contributed by atoms with Crippen molar-refractivity contribution in [3.8, 4) is 11.1 Å². The van der Waals surface area contributed by atoms with Crippen LogP contribution in [0.25, 0.3) is 16.7 Å². The molecule has 0 nitrogen and oxygen atoms in total. The topological polar surface area (TPSA) is 0 Å². The van der Waals surface area contributed by atoms with Crippen LogP contribution in [-0.4, -0.2) is 0 Å². The zero-order valence-corrected chi connectivity index (χ0v) is 19.4. The Kier molecular flexibility index (Phi) is 12.6. The molecule has 0 aromatic heterocycles. The first-order chi connectivity index (χ1) is 14.6. The van der Waals surface area contributed by atoms with Gasteiger partial charge in [-0.2, -0.15) is 0 Å². The van der Waals surface area contributed by atoms with Crippen LogP contribution in [0.2, 0.25) is 0 Å². The van der Waals surface area contributed by atoms with E-state index in [1.165, 1.54) is 27.8 Å². The molecule has 1 aliphatic carbocycles. The van der Waals surface area contributed by atoms with E-state index in [9.17, 15) is 0 Å². The first kappa shape index (κ1) is 25.2. The van der Waals surface area contributed by atoms with E-state index in [0.29, 0.717) is 5.92 Å². The first-order valence-corrected chi connectivity index (χ1v) is 11.2. The summed E-state index contributed by atoms with van der Waals surface area (Å²) in [6, 6.07) is 17.5. The van der Waals surface area contributed by atoms with E-state index in [0.717, 1.165) is 12.8 Å². The summed E-state index contributed by atoms with van der Waals surface area (Å²) >= 11 is 0. The van der Waals surface area contributed by atoms with Crippen LogP contribution in [0.15, 0.2) is 104 Å². The molecule has 0 saturated heterocycles. The average molecular weight is 399 g/mol. The van der Waals surface area contributed by atoms with Crippen molar-refractivity contribution in [2.45, 2.75) is 47.5 Å². The summed E-state index contributed by atoms with van der Waals surface area (Å²) in [5, 5.41) is 0. The molecule has 0 radical (unpaired) electrons. The summed E-state index contributed by atoms with van der Waals surface area (Å²) in [5.74, 6) is 0.651. The number of rotatable bonds is 5. The number of hydrogen-bond donors (Lipinski definition) is 0. The van der Waals surface area contributed by atoms with Crippen molar-refractivity contribution in [3.05, 3.63) is 115 Å². The molecule has 1 aliphatic rings. The maximum Gasteiger partial charge on any atom is -0.0163 e. The van der Waals surface area contributed by atoms with Crippen LogP contribution >= 0.6 is 0 Å². The van der Waals surface area contributed by atoms with E-state index in [-0.39, 0.29) is 0 Å². The van der Waals surface area contributed by atoms with Crippen LogP contribution in [0, 0.1) is 5.92 Å². The molecular formula is C30H38. The lowest BCUT2D eigenvalue weighted by Gasteiger charge is -2.10. The third kappa shape index (κ3) is 9.09. The van der Waals surface area contributed by atoms with Crippen molar-refractivity contribution in [2.75, 3.05) is 0 Å². The van der Waals surface area contributed by atoms with E-state index < -0.39 is 0 Å². The number of allylic oxidation sites excluding steroid dienone is 9. The van der Waals surface area contributed by atoms with E-state index >= 15 is 0 Å². The largest absolute Gasteiger partial charge is 0.0991 e. The van der Waals surface area contributed by atoms with Gasteiger partial charge in [0.15, 0.2) is 0 Å². The molecule has 0 N–H and O–H groups in total. The summed E-state index contributed by atoms with van der Waals surface area (Å²) in [6.07, 6.45) is 18.9. The smallest absolute Gasteiger partial charge is 0.0163 e. The molecule has 30 heavy (non-hydrogen) atoms. The minimum atomic E-state index is 0.651. The van der Waals surface area contributed by atoms with Crippen molar-refractivity contribution in [1.29, 1.82) is 0 Å². The van der Waals surface area contributed by atoms with E-state index in [4.69, 9.17) is 0 Å². The Morgan fingerprint density at radius 2 is 1.63 bits per heavy atom. The van der Waals surface area contributed by atoms with Gasteiger partial charge in [-0.15, -0.1) is 0 Å². The molecule has 158 valence electrons. The normalized spacial score (nSPS) is 12.4. The fraction of sp³-hybridized carbons (Fsp3) is 0.267. The van der Waals surface area contributed by atoms with Crippen molar-refractivity contribution in [1.82, 2.24) is 0 Å². The van der Waals surface area contributed by atoms with Gasteiger partial charge in [0.25, 0.3) is 0 Å². The molecule has 0 heteroatoms. The maximum atomic E-state index is 3.55. The Balaban J connectivity index is 0.000000428. The Hall–Kier alpha value is -2.86. The summed E-state index contributed by atoms with van der Waals surface area (Å²) in [5.41, 5.74) is 6.55. The number of aryl methyl sites for hydroxylation is 1. The molecule has 0 heterocycles. The molecular weight excluding hydrogens is 360 g/mol. The van der Waals surface area contributed by atoms with Gasteiger partial charge in [-0.25, -0.2) is 0 Å². The summed E-state index contributed by atoms with van der Waals surface area (Å²) in [4.78, 5) is 0. The monoisotopic (exact) mass is 398 g/mol. The van der Waals surface area contributed by atoms with Crippen LogP contribution in [0.5, 0.6) is 0 Å². The molecule has 0 fully saturated rings. The summed E-state index contributed by atoms with van der Waals surface area (Å²) < 4.78 is 0. The fourth-order valence-electron chi connectivity index (χ4n) is 2.93. The van der Waals surface area contributed by atoms with Crippen molar-refractivity contribution in [3.63, 3.8) is 0 Å². The van der Waals surface area contributed by atoms with Gasteiger partial charge in [-0.1, -0.05) is 132 Å². The van der Waals surface area contributed by atoms with Gasteiger partial charge >= 0.3 is 0 Å². The minimum Gasteiger partial charge on any atom is -0.0991 e. The van der Waals surface area contributed by atoms with Crippen LogP contribution in [0.1, 0.15) is 52.2 Å². The average Bonchev–Trinajstić information content (AvgIpc) is 3.09. The van der Waals surface area contributed by atoms with E-state index in [1.807, 2.05) is 19.9 Å². The first-order valence-electron chi connectivity index (χ1n) is 11.2. The molecule has 0 spiro atoms. The Bertz CT molecular complexity index is 858. The van der Waals surface area contributed by atoms with Gasteiger partial charge in [-0.3, -0.25) is 0 Å². The second-order valence-electron chi connectivity index (χ2n) is 7.19.